The van der Waals surface area contributed by atoms with Gasteiger partial charge in [-0.15, -0.1) is 0 Å². The second kappa shape index (κ2) is 11.1. The van der Waals surface area contributed by atoms with E-state index >= 15 is 0 Å². The molecular weight excluding hydrogens is 440 g/mol. The summed E-state index contributed by atoms with van der Waals surface area (Å²) in [6.07, 6.45) is 4.81. The minimum Gasteiger partial charge on any atom is -0.493 e. The molecule has 2 aromatic rings. The van der Waals surface area contributed by atoms with Gasteiger partial charge in [0.2, 0.25) is 5.91 Å². The van der Waals surface area contributed by atoms with E-state index in [2.05, 4.69) is 19.1 Å². The first-order chi connectivity index (χ1) is 16.9. The molecule has 1 atom stereocenters. The highest BCUT2D eigenvalue weighted by atomic mass is 16.5. The molecule has 0 aromatic heterocycles. The van der Waals surface area contributed by atoms with Crippen LogP contribution in [0.1, 0.15) is 63.6 Å². The molecule has 2 fully saturated rings. The Balaban J connectivity index is 1.65. The Morgan fingerprint density at radius 2 is 1.69 bits per heavy atom. The summed E-state index contributed by atoms with van der Waals surface area (Å²) < 4.78 is 11.5. The fraction of sp³-hybridized carbons (Fsp3) is 0.517. The number of carbonyl (C=O) groups excluding carboxylic acids is 2. The molecule has 0 radical (unpaired) electrons. The van der Waals surface area contributed by atoms with E-state index < -0.39 is 6.04 Å². The molecule has 4 rings (SSSR count). The van der Waals surface area contributed by atoms with E-state index in [9.17, 15) is 9.59 Å². The summed E-state index contributed by atoms with van der Waals surface area (Å²) in [6, 6.07) is 15.2. The van der Waals surface area contributed by atoms with Crippen molar-refractivity contribution >= 4 is 11.8 Å². The SMILES string of the molecule is COc1cc(C2C(=O)N(C3CCC(C)CC3)CC(=O)N2CCc2ccccc2)ccc1OC(C)C. The quantitative estimate of drug-likeness (QED) is 0.535. The molecular formula is C29H38N2O4. The molecule has 2 aliphatic rings. The van der Waals surface area contributed by atoms with Crippen LogP contribution in [0.2, 0.25) is 0 Å². The second-order valence-corrected chi connectivity index (χ2v) is 10.2. The number of hydrogen-bond donors (Lipinski definition) is 0. The van der Waals surface area contributed by atoms with Crippen LogP contribution in [0.4, 0.5) is 0 Å². The summed E-state index contributed by atoms with van der Waals surface area (Å²) in [6.45, 7) is 6.84. The lowest BCUT2D eigenvalue weighted by atomic mass is 9.85. The zero-order chi connectivity index (χ0) is 24.9. The largest absolute Gasteiger partial charge is 0.493 e. The molecule has 2 aromatic carbocycles. The van der Waals surface area contributed by atoms with Gasteiger partial charge in [0.15, 0.2) is 11.5 Å². The average Bonchev–Trinajstić information content (AvgIpc) is 2.85. The van der Waals surface area contributed by atoms with Crippen molar-refractivity contribution in [3.63, 3.8) is 0 Å². The molecule has 6 nitrogen and oxygen atoms in total. The Morgan fingerprint density at radius 3 is 2.34 bits per heavy atom. The van der Waals surface area contributed by atoms with E-state index in [-0.39, 0.29) is 30.5 Å². The van der Waals surface area contributed by atoms with Gasteiger partial charge in [0.25, 0.3) is 5.91 Å². The van der Waals surface area contributed by atoms with Crippen LogP contribution in [0.5, 0.6) is 11.5 Å². The fourth-order valence-electron chi connectivity index (χ4n) is 5.29. The number of amides is 2. The Hall–Kier alpha value is -3.02. The molecule has 35 heavy (non-hydrogen) atoms. The monoisotopic (exact) mass is 478 g/mol. The number of carbonyl (C=O) groups is 2. The first-order valence-corrected chi connectivity index (χ1v) is 12.9. The topological polar surface area (TPSA) is 59.1 Å². The lowest BCUT2D eigenvalue weighted by Crippen LogP contribution is -2.59. The van der Waals surface area contributed by atoms with Crippen LogP contribution in [-0.4, -0.2) is 54.0 Å². The lowest BCUT2D eigenvalue weighted by Gasteiger charge is -2.45. The zero-order valence-electron chi connectivity index (χ0n) is 21.4. The van der Waals surface area contributed by atoms with E-state index in [0.717, 1.165) is 36.8 Å². The van der Waals surface area contributed by atoms with Crippen LogP contribution in [0.25, 0.3) is 0 Å². The summed E-state index contributed by atoms with van der Waals surface area (Å²) in [5, 5.41) is 0. The minimum atomic E-state index is -0.665. The van der Waals surface area contributed by atoms with Gasteiger partial charge < -0.3 is 19.3 Å². The molecule has 188 valence electrons. The molecule has 0 spiro atoms. The van der Waals surface area contributed by atoms with Gasteiger partial charge in [-0.2, -0.15) is 0 Å². The normalized spacial score (nSPS) is 23.1. The van der Waals surface area contributed by atoms with Crippen LogP contribution >= 0.6 is 0 Å². The standard InChI is InChI=1S/C29H38N2O4/c1-20(2)35-25-15-12-23(18-26(25)34-4)28-29(33)31(24-13-10-21(3)11-14-24)19-27(32)30(28)17-16-22-8-6-5-7-9-22/h5-9,12,15,18,20-21,24,28H,10-11,13-14,16-17,19H2,1-4H3. The van der Waals surface area contributed by atoms with Gasteiger partial charge in [-0.3, -0.25) is 9.59 Å². The van der Waals surface area contributed by atoms with Crippen molar-refractivity contribution in [1.29, 1.82) is 0 Å². The van der Waals surface area contributed by atoms with Crippen molar-refractivity contribution in [3.05, 3.63) is 59.7 Å². The van der Waals surface area contributed by atoms with Crippen molar-refractivity contribution in [2.45, 2.75) is 71.1 Å². The van der Waals surface area contributed by atoms with Crippen molar-refractivity contribution in [1.82, 2.24) is 9.80 Å². The van der Waals surface area contributed by atoms with Crippen LogP contribution < -0.4 is 9.47 Å². The predicted octanol–water partition coefficient (Wildman–Crippen LogP) is 5.02. The van der Waals surface area contributed by atoms with Crippen LogP contribution in [0.15, 0.2) is 48.5 Å². The molecule has 1 aliphatic heterocycles. The molecule has 1 saturated heterocycles. The van der Waals surface area contributed by atoms with E-state index in [4.69, 9.17) is 9.47 Å². The predicted molar refractivity (Wildman–Crippen MR) is 136 cm³/mol. The van der Waals surface area contributed by atoms with Crippen molar-refractivity contribution in [3.8, 4) is 11.5 Å². The van der Waals surface area contributed by atoms with E-state index in [1.165, 1.54) is 0 Å². The number of hydrogen-bond acceptors (Lipinski definition) is 4. The maximum atomic E-state index is 14.0. The zero-order valence-corrected chi connectivity index (χ0v) is 21.4. The number of nitrogens with zero attached hydrogens (tertiary/aromatic N) is 2. The Morgan fingerprint density at radius 1 is 0.971 bits per heavy atom. The second-order valence-electron chi connectivity index (χ2n) is 10.2. The average molecular weight is 479 g/mol. The first kappa shape index (κ1) is 25.1. The van der Waals surface area contributed by atoms with Gasteiger partial charge in [0, 0.05) is 12.6 Å². The molecule has 0 bridgehead atoms. The van der Waals surface area contributed by atoms with Crippen LogP contribution in [-0.2, 0) is 16.0 Å². The highest BCUT2D eigenvalue weighted by molar-refractivity contribution is 5.96. The van der Waals surface area contributed by atoms with Gasteiger partial charge in [-0.05, 0) is 75.1 Å². The molecule has 1 aliphatic carbocycles. The third-order valence-corrected chi connectivity index (χ3v) is 7.23. The Bertz CT molecular complexity index is 1010. The van der Waals surface area contributed by atoms with Crippen LogP contribution in [0.3, 0.4) is 0 Å². The van der Waals surface area contributed by atoms with E-state index in [0.29, 0.717) is 30.4 Å². The summed E-state index contributed by atoms with van der Waals surface area (Å²) in [4.78, 5) is 31.1. The number of ether oxygens (including phenoxy) is 2. The molecule has 0 N–H and O–H groups in total. The maximum Gasteiger partial charge on any atom is 0.250 e. The van der Waals surface area contributed by atoms with Crippen LogP contribution in [0, 0.1) is 5.92 Å². The van der Waals surface area contributed by atoms with Gasteiger partial charge in [0.1, 0.15) is 12.6 Å². The van der Waals surface area contributed by atoms with Gasteiger partial charge in [-0.1, -0.05) is 43.3 Å². The summed E-state index contributed by atoms with van der Waals surface area (Å²) in [5.41, 5.74) is 1.91. The molecule has 1 heterocycles. The van der Waals surface area contributed by atoms with Crippen molar-refractivity contribution in [2.75, 3.05) is 20.2 Å². The Labute approximate surface area is 209 Å². The molecule has 1 saturated carbocycles. The Kier molecular flexibility index (Phi) is 7.99. The number of piperazine rings is 1. The molecule has 2 amide bonds. The van der Waals surface area contributed by atoms with Crippen molar-refractivity contribution < 1.29 is 19.1 Å². The summed E-state index contributed by atoms with van der Waals surface area (Å²) in [5.74, 6) is 1.90. The van der Waals surface area contributed by atoms with Gasteiger partial charge in [-0.25, -0.2) is 0 Å². The maximum absolute atomic E-state index is 14.0. The highest BCUT2D eigenvalue weighted by Gasteiger charge is 2.43. The smallest absolute Gasteiger partial charge is 0.250 e. The third-order valence-electron chi connectivity index (χ3n) is 7.23. The number of methoxy groups -OCH3 is 1. The molecule has 6 heteroatoms. The van der Waals surface area contributed by atoms with Crippen molar-refractivity contribution in [2.24, 2.45) is 5.92 Å². The summed E-state index contributed by atoms with van der Waals surface area (Å²) >= 11 is 0. The lowest BCUT2D eigenvalue weighted by molar-refractivity contribution is -0.159. The fourth-order valence-corrected chi connectivity index (χ4v) is 5.29. The summed E-state index contributed by atoms with van der Waals surface area (Å²) in [7, 11) is 1.60. The van der Waals surface area contributed by atoms with Gasteiger partial charge in [0.05, 0.1) is 13.2 Å². The number of benzene rings is 2. The van der Waals surface area contributed by atoms with Gasteiger partial charge >= 0.3 is 0 Å². The van der Waals surface area contributed by atoms with E-state index in [1.54, 1.807) is 12.0 Å². The minimum absolute atomic E-state index is 0.000745. The highest BCUT2D eigenvalue weighted by Crippen LogP contribution is 2.37. The first-order valence-electron chi connectivity index (χ1n) is 12.9. The number of rotatable bonds is 8. The van der Waals surface area contributed by atoms with E-state index in [1.807, 2.05) is 55.1 Å². The third kappa shape index (κ3) is 5.80. The molecule has 1 unspecified atom stereocenters.